The van der Waals surface area contributed by atoms with Crippen molar-refractivity contribution in [3.63, 3.8) is 0 Å². The monoisotopic (exact) mass is 610 g/mol. The zero-order valence-electron chi connectivity index (χ0n) is 28.2. The van der Waals surface area contributed by atoms with Crippen LogP contribution in [0.4, 0.5) is 0 Å². The minimum Gasteiger partial charge on any atom is -0.497 e. The van der Waals surface area contributed by atoms with E-state index in [1.54, 1.807) is 7.11 Å². The van der Waals surface area contributed by atoms with Gasteiger partial charge in [-0.3, -0.25) is 0 Å². The van der Waals surface area contributed by atoms with Crippen LogP contribution in [-0.2, 0) is 31.9 Å². The molecule has 0 amide bonds. The second kappa shape index (κ2) is 18.4. The van der Waals surface area contributed by atoms with E-state index in [9.17, 15) is 0 Å². The fourth-order valence-corrected chi connectivity index (χ4v) is 5.98. The minimum absolute atomic E-state index is 0.00573. The molecule has 0 fully saturated rings. The largest absolute Gasteiger partial charge is 0.497 e. The molecule has 0 N–H and O–H groups in total. The highest BCUT2D eigenvalue weighted by Crippen LogP contribution is 2.38. The standard InChI is InChI=1S/C37H58O5Si/c1-11-15-29(2)35(24-25-39-26-32-16-13-12-14-17-32)41-31(4)19-18-30(3)36(42-43(9,10)37(5,6)7)28-40-27-33-20-22-34(38-8)23-21-33/h11-14,16-17,20-23,29-30,35-36H,1,4,15,18-19,24-28H2,2-3,5-10H3/t29-,30-,35+,36-/m0/s1. The molecule has 2 aromatic carbocycles. The summed E-state index contributed by atoms with van der Waals surface area (Å²) in [5.41, 5.74) is 2.30. The van der Waals surface area contributed by atoms with E-state index in [1.165, 1.54) is 5.56 Å². The van der Waals surface area contributed by atoms with Gasteiger partial charge in [-0.05, 0) is 66.1 Å². The molecular formula is C37H58O5Si. The Morgan fingerprint density at radius 1 is 0.860 bits per heavy atom. The Morgan fingerprint density at radius 2 is 1.49 bits per heavy atom. The molecule has 4 atom stereocenters. The SMILES string of the molecule is C=CC[C@H](C)[C@@H](CCOCc1ccccc1)OC(=C)CC[C@H](C)[C@H](COCc1ccc(OC)cc1)O[Si](C)(C)C(C)(C)C. The zero-order chi connectivity index (χ0) is 31.9. The van der Waals surface area contributed by atoms with Crippen molar-refractivity contribution >= 4 is 8.32 Å². The molecular weight excluding hydrogens is 552 g/mol. The van der Waals surface area contributed by atoms with Crippen molar-refractivity contribution in [3.8, 4) is 5.75 Å². The molecule has 43 heavy (non-hydrogen) atoms. The number of hydrogen-bond acceptors (Lipinski definition) is 5. The van der Waals surface area contributed by atoms with E-state index >= 15 is 0 Å². The van der Waals surface area contributed by atoms with Crippen LogP contribution in [0, 0.1) is 11.8 Å². The first-order valence-electron chi connectivity index (χ1n) is 15.8. The predicted octanol–water partition coefficient (Wildman–Crippen LogP) is 9.74. The van der Waals surface area contributed by atoms with E-state index in [1.807, 2.05) is 48.5 Å². The maximum atomic E-state index is 6.92. The summed E-state index contributed by atoms with van der Waals surface area (Å²) in [7, 11) is -0.316. The number of allylic oxidation sites excluding steroid dienone is 2. The second-order valence-corrected chi connectivity index (χ2v) is 18.1. The summed E-state index contributed by atoms with van der Waals surface area (Å²) in [6.45, 7) is 26.5. The first-order chi connectivity index (χ1) is 20.4. The van der Waals surface area contributed by atoms with Gasteiger partial charge in [0, 0.05) is 12.8 Å². The molecule has 0 aliphatic carbocycles. The van der Waals surface area contributed by atoms with Gasteiger partial charge in [0.05, 0.1) is 45.4 Å². The van der Waals surface area contributed by atoms with E-state index in [-0.39, 0.29) is 23.2 Å². The summed E-state index contributed by atoms with van der Waals surface area (Å²) >= 11 is 0. The summed E-state index contributed by atoms with van der Waals surface area (Å²) in [4.78, 5) is 0. The Hall–Kier alpha value is -2.38. The van der Waals surface area contributed by atoms with Crippen molar-refractivity contribution in [1.29, 1.82) is 0 Å². The maximum Gasteiger partial charge on any atom is 0.192 e. The average Bonchev–Trinajstić information content (AvgIpc) is 2.97. The lowest BCUT2D eigenvalue weighted by atomic mass is 9.97. The highest BCUT2D eigenvalue weighted by molar-refractivity contribution is 6.74. The van der Waals surface area contributed by atoms with Gasteiger partial charge >= 0.3 is 0 Å². The Labute approximate surface area is 263 Å². The van der Waals surface area contributed by atoms with Gasteiger partial charge in [-0.2, -0.15) is 0 Å². The molecule has 0 spiro atoms. The normalized spacial score (nSPS) is 14.9. The van der Waals surface area contributed by atoms with Crippen LogP contribution in [0.5, 0.6) is 5.75 Å². The smallest absolute Gasteiger partial charge is 0.192 e. The van der Waals surface area contributed by atoms with Crippen molar-refractivity contribution in [2.24, 2.45) is 11.8 Å². The lowest BCUT2D eigenvalue weighted by molar-refractivity contribution is 0.00276. The molecule has 2 aromatic rings. The highest BCUT2D eigenvalue weighted by atomic mass is 28.4. The van der Waals surface area contributed by atoms with E-state index in [0.717, 1.165) is 42.8 Å². The Morgan fingerprint density at radius 3 is 2.09 bits per heavy atom. The van der Waals surface area contributed by atoms with Crippen molar-refractivity contribution in [3.05, 3.63) is 90.7 Å². The second-order valence-electron chi connectivity index (χ2n) is 13.3. The zero-order valence-corrected chi connectivity index (χ0v) is 29.2. The summed E-state index contributed by atoms with van der Waals surface area (Å²) < 4.78 is 30.9. The van der Waals surface area contributed by atoms with E-state index in [4.69, 9.17) is 23.4 Å². The maximum absolute atomic E-state index is 6.92. The molecule has 0 aliphatic heterocycles. The molecule has 240 valence electrons. The van der Waals surface area contributed by atoms with Gasteiger partial charge in [0.15, 0.2) is 8.32 Å². The Bertz CT molecular complexity index is 1060. The summed E-state index contributed by atoms with van der Waals surface area (Å²) in [5, 5.41) is 0.116. The minimum atomic E-state index is -2.00. The molecule has 2 rings (SSSR count). The third-order valence-corrected chi connectivity index (χ3v) is 13.1. The van der Waals surface area contributed by atoms with Gasteiger partial charge < -0.3 is 23.4 Å². The lowest BCUT2D eigenvalue weighted by Gasteiger charge is -2.41. The van der Waals surface area contributed by atoms with Crippen LogP contribution < -0.4 is 4.74 Å². The highest BCUT2D eigenvalue weighted by Gasteiger charge is 2.40. The van der Waals surface area contributed by atoms with Gasteiger partial charge in [-0.25, -0.2) is 0 Å². The third-order valence-electron chi connectivity index (χ3n) is 8.62. The number of hydrogen-bond donors (Lipinski definition) is 0. The Balaban J connectivity index is 1.95. The van der Waals surface area contributed by atoms with Gasteiger partial charge in [-0.15, -0.1) is 6.58 Å². The van der Waals surface area contributed by atoms with Crippen LogP contribution in [-0.4, -0.2) is 40.8 Å². The van der Waals surface area contributed by atoms with E-state index in [0.29, 0.717) is 32.3 Å². The van der Waals surface area contributed by atoms with Gasteiger partial charge in [0.2, 0.25) is 0 Å². The van der Waals surface area contributed by atoms with Gasteiger partial charge in [0.25, 0.3) is 0 Å². The molecule has 0 radical (unpaired) electrons. The molecule has 0 saturated heterocycles. The molecule has 5 nitrogen and oxygen atoms in total. The fraction of sp³-hybridized carbons (Fsp3) is 0.568. The van der Waals surface area contributed by atoms with Crippen molar-refractivity contribution in [2.45, 2.75) is 104 Å². The van der Waals surface area contributed by atoms with E-state index in [2.05, 4.69) is 73.0 Å². The first-order valence-corrected chi connectivity index (χ1v) is 18.7. The molecule has 0 aromatic heterocycles. The van der Waals surface area contributed by atoms with Crippen LogP contribution in [0.3, 0.4) is 0 Å². The number of ether oxygens (including phenoxy) is 4. The Kier molecular flexibility index (Phi) is 15.8. The first kappa shape index (κ1) is 36.8. The average molecular weight is 611 g/mol. The molecule has 0 saturated carbocycles. The molecule has 6 heteroatoms. The van der Waals surface area contributed by atoms with Crippen molar-refractivity contribution < 1.29 is 23.4 Å². The molecule has 0 heterocycles. The van der Waals surface area contributed by atoms with Crippen molar-refractivity contribution in [2.75, 3.05) is 20.3 Å². The summed E-state index contributed by atoms with van der Waals surface area (Å²) in [5.74, 6) is 2.28. The number of rotatable bonds is 21. The molecule has 0 bridgehead atoms. The van der Waals surface area contributed by atoms with Crippen molar-refractivity contribution in [1.82, 2.24) is 0 Å². The topological polar surface area (TPSA) is 46.2 Å². The fourth-order valence-electron chi connectivity index (χ4n) is 4.57. The van der Waals surface area contributed by atoms with Gasteiger partial charge in [0.1, 0.15) is 11.9 Å². The van der Waals surface area contributed by atoms with Crippen LogP contribution in [0.1, 0.15) is 71.4 Å². The number of methoxy groups -OCH3 is 1. The van der Waals surface area contributed by atoms with Crippen LogP contribution in [0.15, 0.2) is 79.6 Å². The lowest BCUT2D eigenvalue weighted by Crippen LogP contribution is -2.46. The molecule has 0 unspecified atom stereocenters. The molecule has 0 aliphatic rings. The predicted molar refractivity (Wildman–Crippen MR) is 182 cm³/mol. The number of benzene rings is 2. The van der Waals surface area contributed by atoms with Crippen LogP contribution in [0.2, 0.25) is 18.1 Å². The third kappa shape index (κ3) is 13.4. The quantitative estimate of drug-likeness (QED) is 0.0609. The van der Waals surface area contributed by atoms with Gasteiger partial charge in [-0.1, -0.05) is 89.7 Å². The van der Waals surface area contributed by atoms with E-state index < -0.39 is 8.32 Å². The summed E-state index contributed by atoms with van der Waals surface area (Å²) in [6.07, 6.45) is 5.38. The van der Waals surface area contributed by atoms with Crippen LogP contribution >= 0.6 is 0 Å². The van der Waals surface area contributed by atoms with Crippen LogP contribution in [0.25, 0.3) is 0 Å². The summed E-state index contributed by atoms with van der Waals surface area (Å²) in [6, 6.07) is 18.3.